The molecule has 2 aliphatic rings. The van der Waals surface area contributed by atoms with Crippen molar-refractivity contribution in [1.82, 2.24) is 18.8 Å². The highest BCUT2D eigenvalue weighted by Gasteiger charge is 2.32. The first-order chi connectivity index (χ1) is 20.7. The van der Waals surface area contributed by atoms with Gasteiger partial charge in [0.25, 0.3) is 5.56 Å². The molecule has 1 aliphatic carbocycles. The zero-order valence-electron chi connectivity index (χ0n) is 23.8. The van der Waals surface area contributed by atoms with Gasteiger partial charge in [-0.05, 0) is 43.4 Å². The van der Waals surface area contributed by atoms with Gasteiger partial charge in [-0.1, -0.05) is 0 Å². The average molecular weight is 662 g/mol. The van der Waals surface area contributed by atoms with Gasteiger partial charge in [0.05, 0.1) is 49.8 Å². The van der Waals surface area contributed by atoms with Crippen LogP contribution in [0.2, 0.25) is 0 Å². The third-order valence-corrected chi connectivity index (χ3v) is 8.69. The number of benzene rings is 1. The molecule has 3 heterocycles. The predicted octanol–water partition coefficient (Wildman–Crippen LogP) is 2.67. The SMILES string of the molecule is Cl.NCCOCCOCCn1c(=O)c(-c2c(F)ccc(NS(=O)(=O)N3CCC(F)C3)c2F)cc2cnc(NCC3CC3)nc21. The second-order valence-electron chi connectivity index (χ2n) is 10.5. The number of rotatable bonds is 15. The number of halogens is 4. The summed E-state index contributed by atoms with van der Waals surface area (Å²) in [5, 5.41) is 3.48. The van der Waals surface area contributed by atoms with Gasteiger partial charge in [-0.3, -0.25) is 14.1 Å². The topological polar surface area (TPSA) is 154 Å². The fourth-order valence-corrected chi connectivity index (χ4v) is 6.01. The summed E-state index contributed by atoms with van der Waals surface area (Å²) in [5.41, 5.74) is 3.21. The van der Waals surface area contributed by atoms with Crippen molar-refractivity contribution >= 4 is 45.3 Å². The van der Waals surface area contributed by atoms with Gasteiger partial charge in [-0.25, -0.2) is 18.2 Å². The lowest BCUT2D eigenvalue weighted by Crippen LogP contribution is -2.34. The molecule has 242 valence electrons. The van der Waals surface area contributed by atoms with Gasteiger partial charge in [0.15, 0.2) is 5.82 Å². The summed E-state index contributed by atoms with van der Waals surface area (Å²) in [7, 11) is -4.33. The molecule has 0 bridgehead atoms. The van der Waals surface area contributed by atoms with E-state index in [9.17, 15) is 17.6 Å². The highest BCUT2D eigenvalue weighted by molar-refractivity contribution is 7.90. The maximum atomic E-state index is 15.8. The van der Waals surface area contributed by atoms with Crippen LogP contribution < -0.4 is 21.3 Å². The number of aromatic nitrogens is 3. The molecule has 1 unspecified atom stereocenters. The fraction of sp³-hybridized carbons (Fsp3) is 0.519. The van der Waals surface area contributed by atoms with Gasteiger partial charge in [-0.2, -0.15) is 17.7 Å². The number of hydrogen-bond acceptors (Lipinski definition) is 9. The number of ether oxygens (including phenoxy) is 2. The second-order valence-corrected chi connectivity index (χ2v) is 12.1. The van der Waals surface area contributed by atoms with E-state index >= 15 is 8.78 Å². The second kappa shape index (κ2) is 14.8. The minimum Gasteiger partial charge on any atom is -0.378 e. The van der Waals surface area contributed by atoms with Crippen LogP contribution in [-0.4, -0.2) is 86.0 Å². The number of hydrogen-bond donors (Lipinski definition) is 3. The van der Waals surface area contributed by atoms with E-state index in [2.05, 4.69) is 20.0 Å². The number of anilines is 2. The van der Waals surface area contributed by atoms with E-state index in [0.717, 1.165) is 29.3 Å². The first-order valence-electron chi connectivity index (χ1n) is 14.1. The van der Waals surface area contributed by atoms with Gasteiger partial charge in [0.1, 0.15) is 17.6 Å². The molecule has 1 aromatic carbocycles. The molecule has 5 rings (SSSR count). The van der Waals surface area contributed by atoms with Crippen molar-refractivity contribution in [3.63, 3.8) is 0 Å². The Morgan fingerprint density at radius 3 is 2.52 bits per heavy atom. The monoisotopic (exact) mass is 661 g/mol. The van der Waals surface area contributed by atoms with Crippen LogP contribution in [-0.2, 0) is 26.2 Å². The van der Waals surface area contributed by atoms with E-state index in [0.29, 0.717) is 43.6 Å². The maximum absolute atomic E-state index is 15.8. The Balaban J connectivity index is 0.00000442. The van der Waals surface area contributed by atoms with E-state index < -0.39 is 44.8 Å². The van der Waals surface area contributed by atoms with Gasteiger partial charge < -0.3 is 20.5 Å². The summed E-state index contributed by atoms with van der Waals surface area (Å²) in [6, 6.07) is 3.04. The molecule has 3 aromatic rings. The summed E-state index contributed by atoms with van der Waals surface area (Å²) in [5.74, 6) is -1.52. The molecule has 2 fully saturated rings. The normalized spacial score (nSPS) is 17.1. The lowest BCUT2D eigenvalue weighted by Gasteiger charge is -2.19. The minimum absolute atomic E-state index is 0. The Labute approximate surface area is 258 Å². The summed E-state index contributed by atoms with van der Waals surface area (Å²) < 4.78 is 85.2. The Kier molecular flexibility index (Phi) is 11.4. The minimum atomic E-state index is -4.33. The van der Waals surface area contributed by atoms with Gasteiger partial charge in [0.2, 0.25) is 5.95 Å². The summed E-state index contributed by atoms with van der Waals surface area (Å²) in [4.78, 5) is 22.6. The molecule has 0 radical (unpaired) electrons. The van der Waals surface area contributed by atoms with E-state index in [1.54, 1.807) is 0 Å². The van der Waals surface area contributed by atoms with Crippen molar-refractivity contribution in [2.24, 2.45) is 11.7 Å². The lowest BCUT2D eigenvalue weighted by atomic mass is 10.0. The highest BCUT2D eigenvalue weighted by Crippen LogP contribution is 2.32. The van der Waals surface area contributed by atoms with Crippen molar-refractivity contribution < 1.29 is 31.1 Å². The predicted molar refractivity (Wildman–Crippen MR) is 162 cm³/mol. The maximum Gasteiger partial charge on any atom is 0.301 e. The summed E-state index contributed by atoms with van der Waals surface area (Å²) in [6.07, 6.45) is 2.35. The van der Waals surface area contributed by atoms with Crippen LogP contribution >= 0.6 is 12.4 Å². The first-order valence-corrected chi connectivity index (χ1v) is 15.5. The van der Waals surface area contributed by atoms with Gasteiger partial charge in [-0.15, -0.1) is 12.4 Å². The molecule has 1 atom stereocenters. The molecule has 1 aliphatic heterocycles. The van der Waals surface area contributed by atoms with E-state index in [1.807, 2.05) is 0 Å². The zero-order chi connectivity index (χ0) is 30.6. The Hall–Kier alpha value is -3.02. The van der Waals surface area contributed by atoms with Crippen LogP contribution in [0.5, 0.6) is 0 Å². The number of nitrogens with zero attached hydrogens (tertiary/aromatic N) is 4. The largest absolute Gasteiger partial charge is 0.378 e. The van der Waals surface area contributed by atoms with Crippen LogP contribution in [0.15, 0.2) is 29.2 Å². The zero-order valence-corrected chi connectivity index (χ0v) is 25.4. The number of nitrogens with one attached hydrogen (secondary N) is 2. The third kappa shape index (κ3) is 7.97. The van der Waals surface area contributed by atoms with Crippen molar-refractivity contribution in [2.45, 2.75) is 32.0 Å². The summed E-state index contributed by atoms with van der Waals surface area (Å²) >= 11 is 0. The van der Waals surface area contributed by atoms with Crippen LogP contribution in [0.25, 0.3) is 22.2 Å². The van der Waals surface area contributed by atoms with Crippen molar-refractivity contribution in [3.8, 4) is 11.1 Å². The lowest BCUT2D eigenvalue weighted by molar-refractivity contribution is 0.0477. The van der Waals surface area contributed by atoms with E-state index in [-0.39, 0.29) is 62.9 Å². The number of alkyl halides is 1. The molecular formula is C27H35ClF3N7O5S. The van der Waals surface area contributed by atoms with Crippen molar-refractivity contribution in [1.29, 1.82) is 0 Å². The van der Waals surface area contributed by atoms with E-state index in [4.69, 9.17) is 15.2 Å². The van der Waals surface area contributed by atoms with Crippen LogP contribution in [0.3, 0.4) is 0 Å². The number of pyridine rings is 1. The van der Waals surface area contributed by atoms with Crippen LogP contribution in [0.1, 0.15) is 19.3 Å². The van der Waals surface area contributed by atoms with Crippen LogP contribution in [0.4, 0.5) is 24.8 Å². The average Bonchev–Trinajstić information content (AvgIpc) is 3.71. The molecule has 12 nitrogen and oxygen atoms in total. The molecule has 1 saturated heterocycles. The molecule has 0 spiro atoms. The van der Waals surface area contributed by atoms with Gasteiger partial charge in [0, 0.05) is 37.8 Å². The molecule has 0 amide bonds. The Bertz CT molecular complexity index is 1630. The first kappa shape index (κ1) is 33.9. The quantitative estimate of drug-likeness (QED) is 0.209. The Morgan fingerprint density at radius 2 is 1.84 bits per heavy atom. The smallest absolute Gasteiger partial charge is 0.301 e. The van der Waals surface area contributed by atoms with Crippen molar-refractivity contribution in [3.05, 3.63) is 46.4 Å². The highest BCUT2D eigenvalue weighted by atomic mass is 35.5. The number of nitrogens with two attached hydrogens (primary N) is 1. The van der Waals surface area contributed by atoms with Gasteiger partial charge >= 0.3 is 10.2 Å². The van der Waals surface area contributed by atoms with Crippen molar-refractivity contribution in [2.75, 3.05) is 62.6 Å². The van der Waals surface area contributed by atoms with E-state index in [1.165, 1.54) is 16.8 Å². The molecule has 17 heteroatoms. The number of fused-ring (bicyclic) bond motifs is 1. The fourth-order valence-electron chi connectivity index (χ4n) is 4.74. The molecular weight excluding hydrogens is 627 g/mol. The van der Waals surface area contributed by atoms with Crippen LogP contribution in [0, 0.1) is 17.6 Å². The summed E-state index contributed by atoms with van der Waals surface area (Å²) in [6.45, 7) is 1.57. The Morgan fingerprint density at radius 1 is 1.09 bits per heavy atom. The molecule has 1 saturated carbocycles. The third-order valence-electron chi connectivity index (χ3n) is 7.20. The molecule has 2 aromatic heterocycles. The molecule has 44 heavy (non-hydrogen) atoms. The molecule has 4 N–H and O–H groups in total. The standard InChI is InChI=1S/C27H34F3N7O5S.ClH/c28-19-5-7-36(16-19)43(39,40)35-22-4-3-21(29)23(24(22)30)20-13-18-15-33-27(32-14-17-1-2-17)34-25(18)37(26(20)38)8-10-42-12-11-41-9-6-31;/h3-4,13,15,17,19,35H,1-2,5-12,14,16,31H2,(H,32,33,34);1H.